The summed E-state index contributed by atoms with van der Waals surface area (Å²) in [6.45, 7) is 0.436. The third-order valence-corrected chi connectivity index (χ3v) is 6.40. The van der Waals surface area contributed by atoms with E-state index in [1.807, 2.05) is 48.5 Å². The van der Waals surface area contributed by atoms with Crippen molar-refractivity contribution in [3.05, 3.63) is 70.7 Å². The maximum Gasteiger partial charge on any atom is 0.164 e. The van der Waals surface area contributed by atoms with E-state index >= 15 is 0 Å². The monoisotopic (exact) mass is 400 g/mol. The SMILES string of the molecule is N#CCc1ccccc1COc1ccc2oc(-c3nc(C4CCC4)cs3)cc2c1. The minimum Gasteiger partial charge on any atom is -0.489 e. The van der Waals surface area contributed by atoms with Gasteiger partial charge >= 0.3 is 0 Å². The van der Waals surface area contributed by atoms with Crippen LogP contribution in [0.2, 0.25) is 0 Å². The summed E-state index contributed by atoms with van der Waals surface area (Å²) in [6.07, 6.45) is 4.20. The van der Waals surface area contributed by atoms with Gasteiger partial charge in [0, 0.05) is 16.7 Å². The van der Waals surface area contributed by atoms with Gasteiger partial charge in [0.15, 0.2) is 10.8 Å². The molecule has 0 N–H and O–H groups in total. The van der Waals surface area contributed by atoms with Crippen LogP contribution in [0, 0.1) is 11.3 Å². The van der Waals surface area contributed by atoms with Gasteiger partial charge in [-0.25, -0.2) is 4.98 Å². The number of hydrogen-bond donors (Lipinski definition) is 0. The highest BCUT2D eigenvalue weighted by Crippen LogP contribution is 2.39. The number of thiazole rings is 1. The molecule has 1 saturated carbocycles. The van der Waals surface area contributed by atoms with Gasteiger partial charge in [0.05, 0.1) is 18.2 Å². The molecule has 29 heavy (non-hydrogen) atoms. The number of fused-ring (bicyclic) bond motifs is 1. The Labute approximate surface area is 173 Å². The van der Waals surface area contributed by atoms with Crippen LogP contribution in [0.15, 0.2) is 58.3 Å². The van der Waals surface area contributed by atoms with Crippen molar-refractivity contribution in [3.8, 4) is 22.6 Å². The molecule has 2 heterocycles. The van der Waals surface area contributed by atoms with Gasteiger partial charge in [0.2, 0.25) is 0 Å². The summed E-state index contributed by atoms with van der Waals surface area (Å²) in [7, 11) is 0. The predicted molar refractivity (Wildman–Crippen MR) is 114 cm³/mol. The lowest BCUT2D eigenvalue weighted by Crippen LogP contribution is -2.08. The van der Waals surface area contributed by atoms with Gasteiger partial charge in [-0.2, -0.15) is 5.26 Å². The Bertz CT molecular complexity index is 1200. The molecule has 0 radical (unpaired) electrons. The number of hydrogen-bond acceptors (Lipinski definition) is 5. The van der Waals surface area contributed by atoms with E-state index < -0.39 is 0 Å². The van der Waals surface area contributed by atoms with Gasteiger partial charge in [-0.3, -0.25) is 0 Å². The molecule has 1 aliphatic rings. The quantitative estimate of drug-likeness (QED) is 0.372. The van der Waals surface area contributed by atoms with E-state index in [-0.39, 0.29) is 0 Å². The van der Waals surface area contributed by atoms with Gasteiger partial charge in [-0.05, 0) is 48.2 Å². The molecule has 0 amide bonds. The van der Waals surface area contributed by atoms with E-state index in [1.165, 1.54) is 25.0 Å². The molecule has 1 fully saturated rings. The standard InChI is InChI=1S/C24H20N2O2S/c25-11-10-16-4-1-2-5-18(16)14-27-20-8-9-22-19(12-20)13-23(28-22)24-26-21(15-29-24)17-6-3-7-17/h1-2,4-5,8-9,12-13,15,17H,3,6-7,10,14H2. The Kier molecular flexibility index (Phi) is 4.79. The molecule has 0 spiro atoms. The first-order valence-corrected chi connectivity index (χ1v) is 10.7. The second-order valence-corrected chi connectivity index (χ2v) is 8.27. The molecule has 5 rings (SSSR count). The topological polar surface area (TPSA) is 59.0 Å². The Morgan fingerprint density at radius 1 is 1.14 bits per heavy atom. The van der Waals surface area contributed by atoms with E-state index in [4.69, 9.17) is 19.4 Å². The van der Waals surface area contributed by atoms with Gasteiger partial charge in [-0.1, -0.05) is 30.7 Å². The highest BCUT2D eigenvalue weighted by Gasteiger charge is 2.23. The summed E-state index contributed by atoms with van der Waals surface area (Å²) in [5, 5.41) is 13.1. The van der Waals surface area contributed by atoms with Crippen molar-refractivity contribution in [3.63, 3.8) is 0 Å². The number of benzene rings is 2. The van der Waals surface area contributed by atoms with Crippen LogP contribution in [0.25, 0.3) is 21.7 Å². The molecule has 5 heteroatoms. The minimum atomic E-state index is 0.389. The normalized spacial score (nSPS) is 13.9. The molecule has 4 aromatic rings. The highest BCUT2D eigenvalue weighted by atomic mass is 32.1. The fourth-order valence-corrected chi connectivity index (χ4v) is 4.48. The second-order valence-electron chi connectivity index (χ2n) is 7.41. The smallest absolute Gasteiger partial charge is 0.164 e. The molecule has 0 atom stereocenters. The number of nitriles is 1. The first-order chi connectivity index (χ1) is 14.3. The van der Waals surface area contributed by atoms with Crippen molar-refractivity contribution < 1.29 is 9.15 Å². The van der Waals surface area contributed by atoms with Gasteiger partial charge in [0.1, 0.15) is 17.9 Å². The van der Waals surface area contributed by atoms with E-state index in [0.29, 0.717) is 18.9 Å². The summed E-state index contributed by atoms with van der Waals surface area (Å²) in [4.78, 5) is 4.79. The average molecular weight is 401 g/mol. The third kappa shape index (κ3) is 3.64. The molecule has 4 nitrogen and oxygen atoms in total. The summed E-state index contributed by atoms with van der Waals surface area (Å²) < 4.78 is 12.0. The second kappa shape index (κ2) is 7.73. The lowest BCUT2D eigenvalue weighted by atomic mass is 9.83. The lowest BCUT2D eigenvalue weighted by Gasteiger charge is -2.22. The Hall–Kier alpha value is -3.10. The van der Waals surface area contributed by atoms with E-state index in [1.54, 1.807) is 11.3 Å². The van der Waals surface area contributed by atoms with Crippen LogP contribution < -0.4 is 4.74 Å². The number of rotatable bonds is 6. The summed E-state index contributed by atoms with van der Waals surface area (Å²) in [5.41, 5.74) is 4.08. The molecule has 0 aliphatic heterocycles. The van der Waals surface area contributed by atoms with Crippen LogP contribution in [0.5, 0.6) is 5.75 Å². The van der Waals surface area contributed by atoms with Crippen LogP contribution in [0.3, 0.4) is 0 Å². The largest absolute Gasteiger partial charge is 0.489 e. The molecule has 0 saturated heterocycles. The Balaban J connectivity index is 1.34. The van der Waals surface area contributed by atoms with E-state index in [9.17, 15) is 0 Å². The molecular formula is C24H20N2O2S. The van der Waals surface area contributed by atoms with Gasteiger partial charge in [-0.15, -0.1) is 11.3 Å². The van der Waals surface area contributed by atoms with Crippen LogP contribution >= 0.6 is 11.3 Å². The van der Waals surface area contributed by atoms with E-state index in [2.05, 4.69) is 11.4 Å². The van der Waals surface area contributed by atoms with Crippen LogP contribution in [0.4, 0.5) is 0 Å². The van der Waals surface area contributed by atoms with Crippen molar-refractivity contribution >= 4 is 22.3 Å². The molecule has 0 unspecified atom stereocenters. The summed E-state index contributed by atoms with van der Waals surface area (Å²) >= 11 is 1.65. The molecule has 0 bridgehead atoms. The number of aromatic nitrogens is 1. The van der Waals surface area contributed by atoms with Gasteiger partial charge < -0.3 is 9.15 Å². The predicted octanol–water partition coefficient (Wildman–Crippen LogP) is 6.47. The number of ether oxygens (including phenoxy) is 1. The van der Waals surface area contributed by atoms with Crippen LogP contribution in [-0.2, 0) is 13.0 Å². The first-order valence-electron chi connectivity index (χ1n) is 9.86. The van der Waals surface area contributed by atoms with E-state index in [0.717, 1.165) is 38.6 Å². The highest BCUT2D eigenvalue weighted by molar-refractivity contribution is 7.13. The zero-order valence-electron chi connectivity index (χ0n) is 15.9. The fraction of sp³-hybridized carbons (Fsp3) is 0.250. The number of nitrogens with zero attached hydrogens (tertiary/aromatic N) is 2. The van der Waals surface area contributed by atoms with Crippen molar-refractivity contribution in [2.45, 2.75) is 38.2 Å². The maximum atomic E-state index is 8.99. The molecular weight excluding hydrogens is 380 g/mol. The van der Waals surface area contributed by atoms with Crippen LogP contribution in [0.1, 0.15) is 42.0 Å². The molecule has 2 aromatic heterocycles. The zero-order valence-corrected chi connectivity index (χ0v) is 16.7. The van der Waals surface area contributed by atoms with Gasteiger partial charge in [0.25, 0.3) is 0 Å². The van der Waals surface area contributed by atoms with Crippen molar-refractivity contribution in [2.75, 3.05) is 0 Å². The van der Waals surface area contributed by atoms with Crippen molar-refractivity contribution in [1.82, 2.24) is 4.98 Å². The Morgan fingerprint density at radius 3 is 2.79 bits per heavy atom. The van der Waals surface area contributed by atoms with Crippen molar-refractivity contribution in [2.24, 2.45) is 0 Å². The molecule has 1 aliphatic carbocycles. The first kappa shape index (κ1) is 18.0. The summed E-state index contributed by atoms with van der Waals surface area (Å²) in [5.74, 6) is 2.23. The number of furan rings is 1. The Morgan fingerprint density at radius 2 is 2.00 bits per heavy atom. The van der Waals surface area contributed by atoms with Crippen molar-refractivity contribution in [1.29, 1.82) is 5.26 Å². The fourth-order valence-electron chi connectivity index (χ4n) is 3.62. The van der Waals surface area contributed by atoms with Crippen LogP contribution in [-0.4, -0.2) is 4.98 Å². The average Bonchev–Trinajstić information content (AvgIpc) is 3.33. The zero-order chi connectivity index (χ0) is 19.6. The molecule has 144 valence electrons. The molecule has 2 aromatic carbocycles. The third-order valence-electron chi connectivity index (χ3n) is 5.53. The minimum absolute atomic E-state index is 0.389. The summed E-state index contributed by atoms with van der Waals surface area (Å²) in [6, 6.07) is 18.0. The lowest BCUT2D eigenvalue weighted by molar-refractivity contribution is 0.305. The maximum absolute atomic E-state index is 8.99.